The highest BCUT2D eigenvalue weighted by atomic mass is 19.1. The zero-order chi connectivity index (χ0) is 16.7. The Kier molecular flexibility index (Phi) is 6.65. The van der Waals surface area contributed by atoms with Crippen molar-refractivity contribution in [2.24, 2.45) is 5.92 Å². The lowest BCUT2D eigenvalue weighted by atomic mass is 9.87. The third-order valence-corrected chi connectivity index (χ3v) is 4.01. The Morgan fingerprint density at radius 3 is 2.78 bits per heavy atom. The summed E-state index contributed by atoms with van der Waals surface area (Å²) in [6.07, 6.45) is 3.22. The monoisotopic (exact) mass is 324 g/mol. The molecule has 2 rings (SSSR count). The molecule has 0 spiro atoms. The molecule has 0 heterocycles. The second-order valence-corrected chi connectivity index (χ2v) is 6.16. The van der Waals surface area contributed by atoms with Crippen LogP contribution in [0.2, 0.25) is 0 Å². The van der Waals surface area contributed by atoms with Gasteiger partial charge >= 0.3 is 6.03 Å². The van der Waals surface area contributed by atoms with Crippen LogP contribution in [0.4, 0.5) is 9.18 Å². The van der Waals surface area contributed by atoms with E-state index in [9.17, 15) is 14.3 Å². The molecule has 23 heavy (non-hydrogen) atoms. The second-order valence-electron chi connectivity index (χ2n) is 6.16. The van der Waals surface area contributed by atoms with Gasteiger partial charge in [0.2, 0.25) is 0 Å². The summed E-state index contributed by atoms with van der Waals surface area (Å²) >= 11 is 0. The molecular formula is C17H25FN2O3. The number of hydrogen-bond donors (Lipinski definition) is 3. The van der Waals surface area contributed by atoms with Crippen molar-refractivity contribution >= 4 is 6.03 Å². The van der Waals surface area contributed by atoms with Gasteiger partial charge in [0.05, 0.1) is 12.6 Å². The molecule has 0 bridgehead atoms. The van der Waals surface area contributed by atoms with Crippen molar-refractivity contribution in [3.8, 4) is 5.75 Å². The summed E-state index contributed by atoms with van der Waals surface area (Å²) in [6, 6.07) is 5.54. The number of aliphatic hydroxyl groups is 1. The molecule has 1 fully saturated rings. The van der Waals surface area contributed by atoms with Crippen molar-refractivity contribution < 1.29 is 19.0 Å². The molecule has 1 aromatic rings. The molecule has 128 valence electrons. The zero-order valence-electron chi connectivity index (χ0n) is 13.4. The normalized spacial score (nSPS) is 22.2. The zero-order valence-corrected chi connectivity index (χ0v) is 13.4. The molecule has 0 aromatic heterocycles. The van der Waals surface area contributed by atoms with E-state index in [0.717, 1.165) is 25.7 Å². The molecule has 1 saturated carbocycles. The average molecular weight is 324 g/mol. The van der Waals surface area contributed by atoms with E-state index in [1.165, 1.54) is 12.1 Å². The summed E-state index contributed by atoms with van der Waals surface area (Å²) in [6.45, 7) is 2.77. The van der Waals surface area contributed by atoms with E-state index >= 15 is 0 Å². The number of carbonyl (C=O) groups excluding carboxylic acids is 1. The summed E-state index contributed by atoms with van der Waals surface area (Å²) < 4.78 is 18.4. The number of benzene rings is 1. The van der Waals surface area contributed by atoms with Crippen LogP contribution in [-0.4, -0.2) is 36.4 Å². The minimum Gasteiger partial charge on any atom is -0.489 e. The van der Waals surface area contributed by atoms with Crippen LogP contribution in [-0.2, 0) is 0 Å². The second kappa shape index (κ2) is 8.72. The van der Waals surface area contributed by atoms with Crippen molar-refractivity contribution in [2.45, 2.75) is 44.8 Å². The van der Waals surface area contributed by atoms with Gasteiger partial charge in [-0.3, -0.25) is 0 Å². The molecule has 2 amide bonds. The number of carbonyl (C=O) groups is 1. The van der Waals surface area contributed by atoms with E-state index in [1.54, 1.807) is 12.1 Å². The summed E-state index contributed by atoms with van der Waals surface area (Å²) in [5.41, 5.74) is 0. The Hall–Kier alpha value is -1.82. The van der Waals surface area contributed by atoms with Crippen molar-refractivity contribution in [1.29, 1.82) is 0 Å². The Balaban J connectivity index is 1.62. The van der Waals surface area contributed by atoms with Gasteiger partial charge in [0.1, 0.15) is 17.7 Å². The first kappa shape index (κ1) is 17.5. The van der Waals surface area contributed by atoms with E-state index < -0.39 is 0 Å². The van der Waals surface area contributed by atoms with Gasteiger partial charge in [-0.25, -0.2) is 9.18 Å². The van der Waals surface area contributed by atoms with Gasteiger partial charge in [-0.1, -0.05) is 6.42 Å². The first-order chi connectivity index (χ1) is 11.0. The Morgan fingerprint density at radius 2 is 2.09 bits per heavy atom. The fourth-order valence-corrected chi connectivity index (χ4v) is 2.77. The van der Waals surface area contributed by atoms with Gasteiger partial charge in [0, 0.05) is 6.54 Å². The molecule has 5 nitrogen and oxygen atoms in total. The van der Waals surface area contributed by atoms with E-state index in [2.05, 4.69) is 10.6 Å². The lowest BCUT2D eigenvalue weighted by Crippen LogP contribution is -2.42. The van der Waals surface area contributed by atoms with E-state index in [4.69, 9.17) is 4.74 Å². The molecule has 1 aromatic carbocycles. The Morgan fingerprint density at radius 1 is 1.35 bits per heavy atom. The number of ether oxygens (including phenoxy) is 1. The minimum absolute atomic E-state index is 0.220. The van der Waals surface area contributed by atoms with Crippen LogP contribution < -0.4 is 15.4 Å². The number of halogens is 1. The fourth-order valence-electron chi connectivity index (χ4n) is 2.77. The first-order valence-electron chi connectivity index (χ1n) is 8.15. The van der Waals surface area contributed by atoms with E-state index in [0.29, 0.717) is 24.8 Å². The van der Waals surface area contributed by atoms with E-state index in [1.807, 2.05) is 6.92 Å². The summed E-state index contributed by atoms with van der Waals surface area (Å²) in [4.78, 5) is 11.8. The third kappa shape index (κ3) is 6.44. The SMILES string of the molecule is CC(CNC(=O)NCC1CCCC(O)C1)Oc1ccc(F)cc1. The highest BCUT2D eigenvalue weighted by Gasteiger charge is 2.20. The van der Waals surface area contributed by atoms with Crippen LogP contribution >= 0.6 is 0 Å². The summed E-state index contributed by atoms with van der Waals surface area (Å²) in [5, 5.41) is 15.2. The molecule has 1 aliphatic carbocycles. The number of rotatable bonds is 6. The maximum atomic E-state index is 12.8. The number of aliphatic hydroxyl groups excluding tert-OH is 1. The molecular weight excluding hydrogens is 299 g/mol. The lowest BCUT2D eigenvalue weighted by Gasteiger charge is -2.26. The van der Waals surface area contributed by atoms with Crippen molar-refractivity contribution in [2.75, 3.05) is 13.1 Å². The molecule has 0 aliphatic heterocycles. The maximum Gasteiger partial charge on any atom is 0.314 e. The Labute approximate surface area is 136 Å². The van der Waals surface area contributed by atoms with Gasteiger partial charge in [-0.15, -0.1) is 0 Å². The lowest BCUT2D eigenvalue weighted by molar-refractivity contribution is 0.101. The number of amides is 2. The van der Waals surface area contributed by atoms with Crippen LogP contribution in [0.3, 0.4) is 0 Å². The van der Waals surface area contributed by atoms with Gasteiger partial charge in [0.15, 0.2) is 0 Å². The Bertz CT molecular complexity index is 495. The largest absolute Gasteiger partial charge is 0.489 e. The molecule has 0 saturated heterocycles. The first-order valence-corrected chi connectivity index (χ1v) is 8.15. The topological polar surface area (TPSA) is 70.6 Å². The highest BCUT2D eigenvalue weighted by molar-refractivity contribution is 5.73. The molecule has 0 radical (unpaired) electrons. The minimum atomic E-state index is -0.310. The number of hydrogen-bond acceptors (Lipinski definition) is 3. The van der Waals surface area contributed by atoms with Gasteiger partial charge in [-0.05, 0) is 56.4 Å². The third-order valence-electron chi connectivity index (χ3n) is 4.01. The van der Waals surface area contributed by atoms with Crippen molar-refractivity contribution in [3.05, 3.63) is 30.1 Å². The molecule has 6 heteroatoms. The summed E-state index contributed by atoms with van der Waals surface area (Å²) in [7, 11) is 0. The van der Waals surface area contributed by atoms with Crippen molar-refractivity contribution in [1.82, 2.24) is 10.6 Å². The molecule has 3 atom stereocenters. The van der Waals surface area contributed by atoms with Crippen LogP contribution in [0.1, 0.15) is 32.6 Å². The predicted octanol–water partition coefficient (Wildman–Crippen LogP) is 2.44. The predicted molar refractivity (Wildman–Crippen MR) is 85.9 cm³/mol. The molecule has 3 unspecified atom stereocenters. The van der Waals surface area contributed by atoms with Gasteiger partial charge in [0.25, 0.3) is 0 Å². The molecule has 3 N–H and O–H groups in total. The number of urea groups is 1. The quantitative estimate of drug-likeness (QED) is 0.753. The maximum absolute atomic E-state index is 12.8. The molecule has 1 aliphatic rings. The fraction of sp³-hybridized carbons (Fsp3) is 0.588. The van der Waals surface area contributed by atoms with Crippen LogP contribution in [0, 0.1) is 11.7 Å². The highest BCUT2D eigenvalue weighted by Crippen LogP contribution is 2.23. The number of nitrogens with one attached hydrogen (secondary N) is 2. The summed E-state index contributed by atoms with van der Waals surface area (Å²) in [5.74, 6) is 0.602. The van der Waals surface area contributed by atoms with Crippen molar-refractivity contribution in [3.63, 3.8) is 0 Å². The van der Waals surface area contributed by atoms with Crippen LogP contribution in [0.15, 0.2) is 24.3 Å². The smallest absolute Gasteiger partial charge is 0.314 e. The van der Waals surface area contributed by atoms with Gasteiger partial charge < -0.3 is 20.5 Å². The van der Waals surface area contributed by atoms with Crippen LogP contribution in [0.5, 0.6) is 5.75 Å². The van der Waals surface area contributed by atoms with E-state index in [-0.39, 0.29) is 24.1 Å². The standard InChI is InChI=1S/C17H25FN2O3/c1-12(23-16-7-5-14(18)6-8-16)10-19-17(22)20-11-13-3-2-4-15(21)9-13/h5-8,12-13,15,21H,2-4,9-11H2,1H3,(H2,19,20,22). The van der Waals surface area contributed by atoms with Crippen LogP contribution in [0.25, 0.3) is 0 Å². The average Bonchev–Trinajstić information content (AvgIpc) is 2.53. The van der Waals surface area contributed by atoms with Gasteiger partial charge in [-0.2, -0.15) is 0 Å².